The quantitative estimate of drug-likeness (QED) is 0.410. The third kappa shape index (κ3) is 5.01. The van der Waals surface area contributed by atoms with Gasteiger partial charge in [0.15, 0.2) is 0 Å². The van der Waals surface area contributed by atoms with Crippen LogP contribution in [0, 0.1) is 0 Å². The molecule has 0 bridgehead atoms. The molecule has 4 atom stereocenters. The Labute approximate surface area is 256 Å². The average Bonchev–Trinajstić information content (AvgIpc) is 3.82. The number of likely N-dealkylation sites (tertiary alicyclic amines) is 1. The molecule has 2 aromatic carbocycles. The second kappa shape index (κ2) is 11.1. The molecule has 5 aliphatic rings. The second-order valence-corrected chi connectivity index (χ2v) is 13.0. The van der Waals surface area contributed by atoms with Crippen molar-refractivity contribution < 1.29 is 24.2 Å². The van der Waals surface area contributed by atoms with E-state index in [9.17, 15) is 14.7 Å². The van der Waals surface area contributed by atoms with E-state index < -0.39 is 12.3 Å². The van der Waals surface area contributed by atoms with Gasteiger partial charge in [0.25, 0.3) is 0 Å². The number of fused-ring (bicyclic) bond motifs is 2. The molecule has 2 amide bonds. The number of carbonyl (C=O) groups excluding carboxylic acids is 2. The number of rotatable bonds is 6. The minimum absolute atomic E-state index is 0.0686. The van der Waals surface area contributed by atoms with Gasteiger partial charge >= 0.3 is 0 Å². The molecule has 2 unspecified atom stereocenters. The van der Waals surface area contributed by atoms with E-state index in [0.29, 0.717) is 13.0 Å². The lowest BCUT2D eigenvalue weighted by Gasteiger charge is -2.33. The van der Waals surface area contributed by atoms with Crippen LogP contribution in [0.1, 0.15) is 61.4 Å². The summed E-state index contributed by atoms with van der Waals surface area (Å²) in [5, 5.41) is 14.3. The van der Waals surface area contributed by atoms with Gasteiger partial charge in [-0.3, -0.25) is 24.7 Å². The smallest absolute Gasteiger partial charge is 0.244 e. The number of piperidine rings is 1. The fourth-order valence-corrected chi connectivity index (χ4v) is 7.83. The minimum Gasteiger partial charge on any atom is -0.489 e. The SMILES string of the molecule is O=C1CCC(N2Cc3cc(O[C@H]4CCN(Cc5ccc6nc(N7CCC[C@@]78CCOC8)ncc6c5)C4)ccc3C2O)C(=O)N1. The number of amides is 2. The molecule has 44 heavy (non-hydrogen) atoms. The summed E-state index contributed by atoms with van der Waals surface area (Å²) in [5.41, 5.74) is 4.01. The Hall–Kier alpha value is -3.64. The molecule has 8 rings (SSSR count). The van der Waals surface area contributed by atoms with Crippen molar-refractivity contribution in [2.45, 2.75) is 75.5 Å². The van der Waals surface area contributed by atoms with Crippen molar-refractivity contribution in [2.75, 3.05) is 37.7 Å². The first-order valence-corrected chi connectivity index (χ1v) is 15.8. The van der Waals surface area contributed by atoms with Gasteiger partial charge in [-0.25, -0.2) is 9.97 Å². The highest BCUT2D eigenvalue weighted by Gasteiger charge is 2.45. The predicted molar refractivity (Wildman–Crippen MR) is 162 cm³/mol. The zero-order valence-corrected chi connectivity index (χ0v) is 24.8. The molecule has 4 fully saturated rings. The molecule has 6 heterocycles. The Kier molecular flexibility index (Phi) is 7.01. The molecule has 2 N–H and O–H groups in total. The van der Waals surface area contributed by atoms with Crippen LogP contribution in [0.2, 0.25) is 0 Å². The monoisotopic (exact) mass is 598 g/mol. The Balaban J connectivity index is 0.888. The number of imide groups is 1. The molecule has 11 nitrogen and oxygen atoms in total. The van der Waals surface area contributed by atoms with Crippen LogP contribution in [0.25, 0.3) is 10.9 Å². The van der Waals surface area contributed by atoms with Crippen LogP contribution in [0.3, 0.4) is 0 Å². The number of aliphatic hydroxyl groups excluding tert-OH is 1. The number of hydrogen-bond acceptors (Lipinski definition) is 10. The van der Waals surface area contributed by atoms with Gasteiger partial charge in [-0.05, 0) is 67.5 Å². The molecule has 11 heteroatoms. The molecule has 5 aliphatic heterocycles. The van der Waals surface area contributed by atoms with Gasteiger partial charge in [0, 0.05) is 62.9 Å². The molecule has 0 aliphatic carbocycles. The van der Waals surface area contributed by atoms with E-state index in [1.165, 1.54) is 5.56 Å². The van der Waals surface area contributed by atoms with Gasteiger partial charge in [-0.2, -0.15) is 0 Å². The number of hydrogen-bond donors (Lipinski definition) is 2. The highest BCUT2D eigenvalue weighted by atomic mass is 16.5. The van der Waals surface area contributed by atoms with Gasteiger partial charge in [-0.1, -0.05) is 12.1 Å². The maximum atomic E-state index is 12.4. The van der Waals surface area contributed by atoms with Gasteiger partial charge in [0.2, 0.25) is 17.8 Å². The van der Waals surface area contributed by atoms with Gasteiger partial charge in [0.05, 0.1) is 23.7 Å². The number of ether oxygens (including phenoxy) is 2. The fraction of sp³-hybridized carbons (Fsp3) is 0.515. The Morgan fingerprint density at radius 1 is 1.11 bits per heavy atom. The van der Waals surface area contributed by atoms with Crippen molar-refractivity contribution in [3.05, 3.63) is 59.3 Å². The lowest BCUT2D eigenvalue weighted by molar-refractivity contribution is -0.141. The van der Waals surface area contributed by atoms with Crippen LogP contribution in [-0.4, -0.2) is 87.2 Å². The Morgan fingerprint density at radius 2 is 2.05 bits per heavy atom. The molecule has 0 saturated carbocycles. The summed E-state index contributed by atoms with van der Waals surface area (Å²) in [7, 11) is 0. The number of carbonyl (C=O) groups is 2. The third-order valence-corrected chi connectivity index (χ3v) is 10.2. The van der Waals surface area contributed by atoms with Crippen LogP contribution in [-0.2, 0) is 27.4 Å². The molecule has 1 spiro atoms. The predicted octanol–water partition coefficient (Wildman–Crippen LogP) is 2.65. The average molecular weight is 599 g/mol. The van der Waals surface area contributed by atoms with Gasteiger partial charge in [0.1, 0.15) is 18.1 Å². The summed E-state index contributed by atoms with van der Waals surface area (Å²) in [6.07, 6.45) is 6.15. The molecular formula is C33H38N6O5. The van der Waals surface area contributed by atoms with Crippen LogP contribution in [0.5, 0.6) is 5.75 Å². The second-order valence-electron chi connectivity index (χ2n) is 13.0. The molecular weight excluding hydrogens is 560 g/mol. The molecule has 230 valence electrons. The topological polar surface area (TPSA) is 120 Å². The number of aliphatic hydroxyl groups is 1. The Bertz CT molecular complexity index is 1600. The maximum absolute atomic E-state index is 12.4. The summed E-state index contributed by atoms with van der Waals surface area (Å²) in [6.45, 7) is 5.63. The van der Waals surface area contributed by atoms with Crippen LogP contribution < -0.4 is 15.0 Å². The number of nitrogens with zero attached hydrogens (tertiary/aromatic N) is 5. The van der Waals surface area contributed by atoms with E-state index in [4.69, 9.17) is 19.4 Å². The standard InChI is InChI=1S/C33H38N6O5/c40-29-7-6-28(30(41)36-29)38-18-23-15-24(3-4-26(23)31(38)42)44-25-8-12-37(19-25)17-21-2-5-27-22(14-21)16-34-32(35-27)39-11-1-9-33(39)10-13-43-20-33/h2-5,14-16,25,28,31,42H,1,6-13,17-20H2,(H,36,40,41)/t25-,28?,31?,33-/m0/s1. The van der Waals surface area contributed by atoms with E-state index in [2.05, 4.69) is 33.3 Å². The van der Waals surface area contributed by atoms with Crippen molar-refractivity contribution in [1.29, 1.82) is 0 Å². The molecule has 0 radical (unpaired) electrons. The van der Waals surface area contributed by atoms with E-state index in [1.54, 1.807) is 4.90 Å². The first kappa shape index (κ1) is 27.9. The molecule has 1 aromatic heterocycles. The highest BCUT2D eigenvalue weighted by Crippen LogP contribution is 2.39. The van der Waals surface area contributed by atoms with Crippen LogP contribution in [0.4, 0.5) is 5.95 Å². The Morgan fingerprint density at radius 3 is 2.91 bits per heavy atom. The zero-order valence-electron chi connectivity index (χ0n) is 24.8. The number of nitrogens with one attached hydrogen (secondary N) is 1. The normalized spacial score (nSPS) is 29.2. The van der Waals surface area contributed by atoms with Crippen LogP contribution in [0.15, 0.2) is 42.6 Å². The molecule has 3 aromatic rings. The van der Waals surface area contributed by atoms with E-state index in [0.717, 1.165) is 98.8 Å². The number of anilines is 1. The number of benzene rings is 2. The summed E-state index contributed by atoms with van der Waals surface area (Å²) in [5.74, 6) is 0.996. The third-order valence-electron chi connectivity index (χ3n) is 10.2. The molecule has 4 saturated heterocycles. The lowest BCUT2D eigenvalue weighted by Crippen LogP contribution is -2.51. The van der Waals surface area contributed by atoms with Crippen molar-refractivity contribution in [2.24, 2.45) is 0 Å². The van der Waals surface area contributed by atoms with Crippen LogP contribution >= 0.6 is 0 Å². The zero-order chi connectivity index (χ0) is 29.8. The summed E-state index contributed by atoms with van der Waals surface area (Å²) >= 11 is 0. The summed E-state index contributed by atoms with van der Waals surface area (Å²) < 4.78 is 12.1. The van der Waals surface area contributed by atoms with Gasteiger partial charge < -0.3 is 19.5 Å². The van der Waals surface area contributed by atoms with Crippen molar-refractivity contribution >= 4 is 28.7 Å². The van der Waals surface area contributed by atoms with Crippen molar-refractivity contribution in [1.82, 2.24) is 25.1 Å². The van der Waals surface area contributed by atoms with E-state index >= 15 is 0 Å². The summed E-state index contributed by atoms with van der Waals surface area (Å²) in [4.78, 5) is 40.2. The fourth-order valence-electron chi connectivity index (χ4n) is 7.83. The van der Waals surface area contributed by atoms with Gasteiger partial charge in [-0.15, -0.1) is 0 Å². The van der Waals surface area contributed by atoms with Crippen molar-refractivity contribution in [3.63, 3.8) is 0 Å². The largest absolute Gasteiger partial charge is 0.489 e. The number of aromatic nitrogens is 2. The minimum atomic E-state index is -0.873. The first-order valence-electron chi connectivity index (χ1n) is 15.8. The first-order chi connectivity index (χ1) is 21.4. The highest BCUT2D eigenvalue weighted by molar-refractivity contribution is 6.00. The van der Waals surface area contributed by atoms with Crippen molar-refractivity contribution in [3.8, 4) is 5.75 Å². The summed E-state index contributed by atoms with van der Waals surface area (Å²) in [6, 6.07) is 11.7. The van der Waals surface area contributed by atoms with E-state index in [-0.39, 0.29) is 29.9 Å². The lowest BCUT2D eigenvalue weighted by atomic mass is 9.96. The maximum Gasteiger partial charge on any atom is 0.244 e. The van der Waals surface area contributed by atoms with E-state index in [1.807, 2.05) is 24.4 Å².